The maximum atomic E-state index is 13.6. The third-order valence-electron chi connectivity index (χ3n) is 5.83. The summed E-state index contributed by atoms with van der Waals surface area (Å²) in [5.74, 6) is 0.483. The van der Waals surface area contributed by atoms with Gasteiger partial charge in [0.25, 0.3) is 5.91 Å². The van der Waals surface area contributed by atoms with E-state index in [0.717, 1.165) is 35.7 Å². The van der Waals surface area contributed by atoms with Gasteiger partial charge in [0.05, 0.1) is 42.9 Å². The minimum atomic E-state index is -0.222. The number of rotatable bonds is 6. The first-order valence-corrected chi connectivity index (χ1v) is 11.3. The summed E-state index contributed by atoms with van der Waals surface area (Å²) in [6, 6.07) is 25.2. The Morgan fingerprint density at radius 3 is 2.53 bits per heavy atom. The van der Waals surface area contributed by atoms with E-state index in [-0.39, 0.29) is 5.91 Å². The first-order chi connectivity index (χ1) is 16.7. The van der Waals surface area contributed by atoms with E-state index in [1.54, 1.807) is 18.0 Å². The highest BCUT2D eigenvalue weighted by atomic mass is 16.5. The van der Waals surface area contributed by atoms with Crippen LogP contribution in [-0.4, -0.2) is 49.1 Å². The summed E-state index contributed by atoms with van der Waals surface area (Å²) in [6.07, 6.45) is 1.77. The maximum Gasteiger partial charge on any atom is 0.259 e. The number of ether oxygens (including phenoxy) is 2. The zero-order valence-electron chi connectivity index (χ0n) is 19.0. The van der Waals surface area contributed by atoms with Crippen LogP contribution in [0.1, 0.15) is 10.4 Å². The van der Waals surface area contributed by atoms with Crippen LogP contribution < -0.4 is 15.0 Å². The van der Waals surface area contributed by atoms with Crippen molar-refractivity contribution in [2.75, 3.05) is 43.6 Å². The number of benzene rings is 3. The van der Waals surface area contributed by atoms with Crippen molar-refractivity contribution >= 4 is 17.3 Å². The summed E-state index contributed by atoms with van der Waals surface area (Å²) in [7, 11) is 1.62. The van der Waals surface area contributed by atoms with Crippen molar-refractivity contribution in [3.8, 4) is 22.7 Å². The second-order valence-corrected chi connectivity index (χ2v) is 7.97. The molecule has 34 heavy (non-hydrogen) atoms. The van der Waals surface area contributed by atoms with Gasteiger partial charge in [-0.25, -0.2) is 4.68 Å². The molecule has 0 bridgehead atoms. The first-order valence-electron chi connectivity index (χ1n) is 11.3. The Balaban J connectivity index is 1.53. The van der Waals surface area contributed by atoms with Crippen LogP contribution in [0.2, 0.25) is 0 Å². The second-order valence-electron chi connectivity index (χ2n) is 7.97. The van der Waals surface area contributed by atoms with Gasteiger partial charge in [-0.15, -0.1) is 0 Å². The molecule has 1 aliphatic heterocycles. The topological polar surface area (TPSA) is 68.6 Å². The van der Waals surface area contributed by atoms with Gasteiger partial charge in [-0.3, -0.25) is 4.79 Å². The highest BCUT2D eigenvalue weighted by Gasteiger charge is 2.21. The fraction of sp³-hybridized carbons (Fsp3) is 0.185. The minimum absolute atomic E-state index is 0.222. The lowest BCUT2D eigenvalue weighted by Gasteiger charge is -2.30. The van der Waals surface area contributed by atoms with Crippen LogP contribution in [-0.2, 0) is 4.74 Å². The summed E-state index contributed by atoms with van der Waals surface area (Å²) in [5, 5.41) is 7.90. The number of morpholine rings is 1. The summed E-state index contributed by atoms with van der Waals surface area (Å²) < 4.78 is 12.6. The predicted molar refractivity (Wildman–Crippen MR) is 133 cm³/mol. The van der Waals surface area contributed by atoms with E-state index in [1.165, 1.54) is 0 Å². The van der Waals surface area contributed by atoms with Crippen LogP contribution in [0.5, 0.6) is 5.75 Å². The number of hydrogen-bond donors (Lipinski definition) is 1. The van der Waals surface area contributed by atoms with Gasteiger partial charge >= 0.3 is 0 Å². The largest absolute Gasteiger partial charge is 0.497 e. The summed E-state index contributed by atoms with van der Waals surface area (Å²) in [6.45, 7) is 2.92. The highest BCUT2D eigenvalue weighted by molar-refractivity contribution is 6.09. The van der Waals surface area contributed by atoms with Gasteiger partial charge in [-0.2, -0.15) is 5.10 Å². The molecule has 4 aromatic rings. The maximum absolute atomic E-state index is 13.6. The minimum Gasteiger partial charge on any atom is -0.497 e. The van der Waals surface area contributed by atoms with Crippen molar-refractivity contribution in [3.05, 3.63) is 90.6 Å². The van der Waals surface area contributed by atoms with Crippen LogP contribution >= 0.6 is 0 Å². The van der Waals surface area contributed by atoms with Gasteiger partial charge in [0.2, 0.25) is 0 Å². The predicted octanol–water partition coefficient (Wildman–Crippen LogP) is 4.64. The molecular formula is C27H26N4O3. The Kier molecular flexibility index (Phi) is 6.27. The number of aromatic nitrogens is 2. The Morgan fingerprint density at radius 2 is 1.74 bits per heavy atom. The number of amides is 1. The van der Waals surface area contributed by atoms with Gasteiger partial charge in [0.1, 0.15) is 11.4 Å². The Bertz CT molecular complexity index is 1280. The average Bonchev–Trinajstić information content (AvgIpc) is 3.36. The summed E-state index contributed by atoms with van der Waals surface area (Å²) in [4.78, 5) is 15.8. The number of hydrogen-bond acceptors (Lipinski definition) is 5. The molecule has 1 aliphatic rings. The Hall–Kier alpha value is -4.10. The zero-order chi connectivity index (χ0) is 23.3. The lowest BCUT2D eigenvalue weighted by atomic mass is 10.1. The van der Waals surface area contributed by atoms with Crippen molar-refractivity contribution in [2.45, 2.75) is 0 Å². The third-order valence-corrected chi connectivity index (χ3v) is 5.83. The van der Waals surface area contributed by atoms with Crippen molar-refractivity contribution in [1.29, 1.82) is 0 Å². The molecule has 7 heteroatoms. The van der Waals surface area contributed by atoms with Crippen molar-refractivity contribution in [1.82, 2.24) is 9.78 Å². The quantitative estimate of drug-likeness (QED) is 0.460. The van der Waals surface area contributed by atoms with E-state index in [4.69, 9.17) is 14.6 Å². The molecule has 0 aliphatic carbocycles. The van der Waals surface area contributed by atoms with Gasteiger partial charge < -0.3 is 19.7 Å². The van der Waals surface area contributed by atoms with E-state index < -0.39 is 0 Å². The summed E-state index contributed by atoms with van der Waals surface area (Å²) >= 11 is 0. The second kappa shape index (κ2) is 9.80. The normalized spacial score (nSPS) is 13.5. The monoisotopic (exact) mass is 454 g/mol. The van der Waals surface area contributed by atoms with E-state index >= 15 is 0 Å². The average molecular weight is 455 g/mol. The molecule has 0 saturated carbocycles. The summed E-state index contributed by atoms with van der Waals surface area (Å²) in [5.41, 5.74) is 4.49. The fourth-order valence-corrected chi connectivity index (χ4v) is 4.09. The molecule has 1 fully saturated rings. The zero-order valence-corrected chi connectivity index (χ0v) is 19.0. The highest BCUT2D eigenvalue weighted by Crippen LogP contribution is 2.30. The van der Waals surface area contributed by atoms with Gasteiger partial charge in [-0.1, -0.05) is 42.5 Å². The fourth-order valence-electron chi connectivity index (χ4n) is 4.09. The number of methoxy groups -OCH3 is 1. The lowest BCUT2D eigenvalue weighted by Crippen LogP contribution is -2.36. The van der Waals surface area contributed by atoms with Crippen LogP contribution in [0.4, 0.5) is 11.4 Å². The molecule has 7 nitrogen and oxygen atoms in total. The van der Waals surface area contributed by atoms with Crippen LogP contribution in [0, 0.1) is 0 Å². The van der Waals surface area contributed by atoms with E-state index in [1.807, 2.05) is 78.9 Å². The molecule has 3 aromatic carbocycles. The number of nitrogens with one attached hydrogen (secondary N) is 1. The molecule has 1 aromatic heterocycles. The number of carbonyl (C=O) groups is 1. The van der Waals surface area contributed by atoms with Crippen LogP contribution in [0.15, 0.2) is 85.1 Å². The SMILES string of the molecule is COc1cccc(-c2nn(-c3ccccc3)cc2C(=O)Nc2ccccc2N2CCOCC2)c1. The smallest absolute Gasteiger partial charge is 0.259 e. The molecule has 1 N–H and O–H groups in total. The number of carbonyl (C=O) groups excluding carboxylic acids is 1. The van der Waals surface area contributed by atoms with Gasteiger partial charge in [0, 0.05) is 24.8 Å². The van der Waals surface area contributed by atoms with Crippen LogP contribution in [0.25, 0.3) is 16.9 Å². The molecule has 0 unspecified atom stereocenters. The number of nitrogens with zero attached hydrogens (tertiary/aromatic N) is 3. The van der Waals surface area contributed by atoms with Crippen molar-refractivity contribution < 1.29 is 14.3 Å². The molecule has 2 heterocycles. The lowest BCUT2D eigenvalue weighted by molar-refractivity contribution is 0.102. The van der Waals surface area contributed by atoms with E-state index in [2.05, 4.69) is 10.2 Å². The molecule has 0 spiro atoms. The molecule has 5 rings (SSSR count). The van der Waals surface area contributed by atoms with E-state index in [9.17, 15) is 4.79 Å². The first kappa shape index (κ1) is 21.7. The molecule has 1 amide bonds. The van der Waals surface area contributed by atoms with E-state index in [0.29, 0.717) is 30.2 Å². The standard InChI is InChI=1S/C27H26N4O3/c1-33-22-11-7-8-20(18-22)26-23(19-31(29-26)21-9-3-2-4-10-21)27(32)28-24-12-5-6-13-25(24)30-14-16-34-17-15-30/h2-13,18-19H,14-17H2,1H3,(H,28,32). The molecule has 0 atom stereocenters. The van der Waals surface area contributed by atoms with Crippen LogP contribution in [0.3, 0.4) is 0 Å². The molecule has 1 saturated heterocycles. The molecule has 172 valence electrons. The van der Waals surface area contributed by atoms with Crippen molar-refractivity contribution in [3.63, 3.8) is 0 Å². The molecular weight excluding hydrogens is 428 g/mol. The molecule has 0 radical (unpaired) electrons. The Labute approximate surface area is 198 Å². The number of para-hydroxylation sites is 3. The van der Waals surface area contributed by atoms with Gasteiger partial charge in [0.15, 0.2) is 0 Å². The Morgan fingerprint density at radius 1 is 0.971 bits per heavy atom. The van der Waals surface area contributed by atoms with Gasteiger partial charge in [-0.05, 0) is 36.4 Å². The third kappa shape index (κ3) is 4.51. The van der Waals surface area contributed by atoms with Crippen molar-refractivity contribution in [2.24, 2.45) is 0 Å². The number of anilines is 2.